The third-order valence-corrected chi connectivity index (χ3v) is 6.00. The molecular formula is C26H30N4O. The smallest absolute Gasteiger partial charge is 0.225 e. The van der Waals surface area contributed by atoms with Gasteiger partial charge >= 0.3 is 0 Å². The van der Waals surface area contributed by atoms with Gasteiger partial charge in [-0.2, -0.15) is 0 Å². The lowest BCUT2D eigenvalue weighted by molar-refractivity contribution is -0.116. The van der Waals surface area contributed by atoms with Gasteiger partial charge in [-0.3, -0.25) is 4.79 Å². The summed E-state index contributed by atoms with van der Waals surface area (Å²) in [5.41, 5.74) is 10.4. The zero-order valence-electron chi connectivity index (χ0n) is 17.9. The molecule has 1 saturated carbocycles. The monoisotopic (exact) mass is 414 g/mol. The first-order valence-corrected chi connectivity index (χ1v) is 11.2. The third kappa shape index (κ3) is 5.91. The number of hydrogen-bond acceptors (Lipinski definition) is 4. The predicted molar refractivity (Wildman–Crippen MR) is 126 cm³/mol. The van der Waals surface area contributed by atoms with Gasteiger partial charge in [0.15, 0.2) is 5.82 Å². The van der Waals surface area contributed by atoms with E-state index in [1.165, 1.54) is 32.1 Å². The molecule has 0 atom stereocenters. The molecule has 0 radical (unpaired) electrons. The van der Waals surface area contributed by atoms with Crippen molar-refractivity contribution in [3.8, 4) is 11.3 Å². The van der Waals surface area contributed by atoms with E-state index >= 15 is 0 Å². The highest BCUT2D eigenvalue weighted by atomic mass is 16.1. The van der Waals surface area contributed by atoms with E-state index in [2.05, 4.69) is 10.3 Å². The minimum atomic E-state index is -0.0247. The van der Waals surface area contributed by atoms with E-state index in [1.54, 1.807) is 6.20 Å². The predicted octanol–water partition coefficient (Wildman–Crippen LogP) is 5.42. The molecule has 3 aromatic rings. The fourth-order valence-electron chi connectivity index (χ4n) is 4.23. The summed E-state index contributed by atoms with van der Waals surface area (Å²) in [6.45, 7) is 0. The summed E-state index contributed by atoms with van der Waals surface area (Å²) < 4.78 is 0. The molecule has 1 heterocycles. The van der Waals surface area contributed by atoms with Gasteiger partial charge in [-0.05, 0) is 36.5 Å². The third-order valence-electron chi connectivity index (χ3n) is 6.00. The van der Waals surface area contributed by atoms with Crippen molar-refractivity contribution in [3.63, 3.8) is 0 Å². The number of hydrogen-bond donors (Lipinski definition) is 2. The van der Waals surface area contributed by atoms with Crippen LogP contribution in [0.1, 0.15) is 49.8 Å². The molecule has 1 aliphatic carbocycles. The number of rotatable bonds is 7. The summed E-state index contributed by atoms with van der Waals surface area (Å²) in [6, 6.07) is 17.7. The van der Waals surface area contributed by atoms with Crippen LogP contribution >= 0.6 is 0 Å². The van der Waals surface area contributed by atoms with E-state index in [9.17, 15) is 4.79 Å². The quantitative estimate of drug-likeness (QED) is 0.506. The highest BCUT2D eigenvalue weighted by Gasteiger charge is 2.19. The van der Waals surface area contributed by atoms with Crippen molar-refractivity contribution in [3.05, 3.63) is 72.1 Å². The van der Waals surface area contributed by atoms with Crippen LogP contribution in [-0.2, 0) is 17.6 Å². The molecule has 0 unspecified atom stereocenters. The van der Waals surface area contributed by atoms with Crippen molar-refractivity contribution in [2.75, 3.05) is 11.1 Å². The standard InChI is InChI=1S/C26H30N4O/c27-22-14-12-21(13-15-22)24-18-28-26(23(29-24)17-20-9-5-2-6-10-20)30-25(31)16-11-19-7-3-1-4-8-19/h1,3-4,7-8,12-15,18,20H,2,5-6,9-11,16-17,27H2,(H,28,30,31). The number of carbonyl (C=O) groups excluding carboxylic acids is 1. The second kappa shape index (κ2) is 10.2. The number of benzene rings is 2. The Hall–Kier alpha value is -3.21. The Kier molecular flexibility index (Phi) is 6.92. The molecule has 5 heteroatoms. The van der Waals surface area contributed by atoms with Gasteiger partial charge in [-0.25, -0.2) is 9.97 Å². The highest BCUT2D eigenvalue weighted by Crippen LogP contribution is 2.29. The molecule has 2 aromatic carbocycles. The minimum absolute atomic E-state index is 0.0247. The zero-order valence-corrected chi connectivity index (χ0v) is 17.9. The van der Waals surface area contributed by atoms with Crippen LogP contribution in [0.5, 0.6) is 0 Å². The number of amides is 1. The van der Waals surface area contributed by atoms with Crippen molar-refractivity contribution >= 4 is 17.4 Å². The molecule has 0 spiro atoms. The van der Waals surface area contributed by atoms with Crippen LogP contribution in [0.4, 0.5) is 11.5 Å². The Morgan fingerprint density at radius 2 is 1.74 bits per heavy atom. The largest absolute Gasteiger partial charge is 0.399 e. The van der Waals surface area contributed by atoms with Gasteiger partial charge in [-0.1, -0.05) is 74.6 Å². The van der Waals surface area contributed by atoms with Crippen LogP contribution < -0.4 is 11.1 Å². The number of nitrogens with two attached hydrogens (primary N) is 1. The first-order chi connectivity index (χ1) is 15.2. The first-order valence-electron chi connectivity index (χ1n) is 11.2. The van der Waals surface area contributed by atoms with Gasteiger partial charge in [0.2, 0.25) is 5.91 Å². The molecule has 3 N–H and O–H groups in total. The van der Waals surface area contributed by atoms with Crippen LogP contribution in [0.25, 0.3) is 11.3 Å². The van der Waals surface area contributed by atoms with Crippen molar-refractivity contribution in [2.45, 2.75) is 51.4 Å². The average molecular weight is 415 g/mol. The summed E-state index contributed by atoms with van der Waals surface area (Å²) in [7, 11) is 0. The molecule has 1 aliphatic rings. The fourth-order valence-corrected chi connectivity index (χ4v) is 4.23. The van der Waals surface area contributed by atoms with Crippen molar-refractivity contribution in [2.24, 2.45) is 5.92 Å². The van der Waals surface area contributed by atoms with E-state index in [0.717, 1.165) is 34.6 Å². The number of aryl methyl sites for hydroxylation is 1. The van der Waals surface area contributed by atoms with Gasteiger partial charge in [0.1, 0.15) is 0 Å². The van der Waals surface area contributed by atoms with E-state index in [1.807, 2.05) is 54.6 Å². The molecule has 0 aliphatic heterocycles. The molecule has 160 valence electrons. The number of carbonyl (C=O) groups is 1. The normalized spacial score (nSPS) is 14.3. The van der Waals surface area contributed by atoms with Crippen molar-refractivity contribution in [1.29, 1.82) is 0 Å². The van der Waals surface area contributed by atoms with E-state index in [4.69, 9.17) is 10.7 Å². The van der Waals surface area contributed by atoms with E-state index in [0.29, 0.717) is 24.6 Å². The second-order valence-corrected chi connectivity index (χ2v) is 8.41. The minimum Gasteiger partial charge on any atom is -0.399 e. The molecule has 1 amide bonds. The first kappa shape index (κ1) is 21.0. The lowest BCUT2D eigenvalue weighted by Crippen LogP contribution is -2.18. The van der Waals surface area contributed by atoms with Gasteiger partial charge in [0.25, 0.3) is 0 Å². The summed E-state index contributed by atoms with van der Waals surface area (Å²) >= 11 is 0. The molecule has 1 aromatic heterocycles. The number of nitrogen functional groups attached to an aromatic ring is 1. The Labute approximate surface area is 184 Å². The molecule has 5 nitrogen and oxygen atoms in total. The van der Waals surface area contributed by atoms with Crippen LogP contribution in [0.2, 0.25) is 0 Å². The maximum absolute atomic E-state index is 12.6. The van der Waals surface area contributed by atoms with E-state index < -0.39 is 0 Å². The van der Waals surface area contributed by atoms with Gasteiger partial charge in [0.05, 0.1) is 17.6 Å². The molecule has 31 heavy (non-hydrogen) atoms. The van der Waals surface area contributed by atoms with Gasteiger partial charge in [0, 0.05) is 17.7 Å². The van der Waals surface area contributed by atoms with Crippen LogP contribution in [0.3, 0.4) is 0 Å². The fraction of sp³-hybridized carbons (Fsp3) is 0.346. The number of nitrogens with one attached hydrogen (secondary N) is 1. The summed E-state index contributed by atoms with van der Waals surface area (Å²) in [4.78, 5) is 22.2. The molecule has 4 rings (SSSR count). The van der Waals surface area contributed by atoms with Gasteiger partial charge < -0.3 is 11.1 Å². The number of nitrogens with zero attached hydrogens (tertiary/aromatic N) is 2. The lowest BCUT2D eigenvalue weighted by atomic mass is 9.86. The summed E-state index contributed by atoms with van der Waals surface area (Å²) in [5, 5.41) is 3.03. The second-order valence-electron chi connectivity index (χ2n) is 8.41. The maximum Gasteiger partial charge on any atom is 0.225 e. The summed E-state index contributed by atoms with van der Waals surface area (Å²) in [5.74, 6) is 1.18. The Morgan fingerprint density at radius 3 is 2.48 bits per heavy atom. The highest BCUT2D eigenvalue weighted by molar-refractivity contribution is 5.90. The van der Waals surface area contributed by atoms with Crippen LogP contribution in [-0.4, -0.2) is 15.9 Å². The van der Waals surface area contributed by atoms with Crippen molar-refractivity contribution < 1.29 is 4.79 Å². The summed E-state index contributed by atoms with van der Waals surface area (Å²) in [6.07, 6.45) is 10.0. The van der Waals surface area contributed by atoms with Crippen LogP contribution in [0.15, 0.2) is 60.8 Å². The zero-order chi connectivity index (χ0) is 21.5. The lowest BCUT2D eigenvalue weighted by Gasteiger charge is -2.22. The molecule has 1 fully saturated rings. The van der Waals surface area contributed by atoms with Crippen molar-refractivity contribution in [1.82, 2.24) is 9.97 Å². The Morgan fingerprint density at radius 1 is 1.00 bits per heavy atom. The molecule has 0 bridgehead atoms. The maximum atomic E-state index is 12.6. The average Bonchev–Trinajstić information content (AvgIpc) is 2.81. The molecular weight excluding hydrogens is 384 g/mol. The number of anilines is 2. The topological polar surface area (TPSA) is 80.9 Å². The number of aromatic nitrogens is 2. The Bertz CT molecular complexity index is 996. The van der Waals surface area contributed by atoms with Crippen LogP contribution in [0, 0.1) is 5.92 Å². The van der Waals surface area contributed by atoms with Gasteiger partial charge in [-0.15, -0.1) is 0 Å². The SMILES string of the molecule is Nc1ccc(-c2cnc(NC(=O)CCc3ccccc3)c(CC3CCCCC3)n2)cc1. The van der Waals surface area contributed by atoms with E-state index in [-0.39, 0.29) is 5.91 Å². The Balaban J connectivity index is 1.51. The molecule has 0 saturated heterocycles.